The minimum Gasteiger partial charge on any atom is -0.299 e. The molecule has 0 aliphatic heterocycles. The average molecular weight is 184 g/mol. The van der Waals surface area contributed by atoms with Crippen molar-refractivity contribution < 1.29 is 0 Å². The van der Waals surface area contributed by atoms with Gasteiger partial charge in [0.15, 0.2) is 0 Å². The Hall–Kier alpha value is -0.460. The molecule has 12 heavy (non-hydrogen) atoms. The second-order valence-corrected chi connectivity index (χ2v) is 3.00. The second kappa shape index (κ2) is 7.20. The van der Waals surface area contributed by atoms with E-state index in [4.69, 9.17) is 5.26 Å². The van der Waals surface area contributed by atoms with Crippen LogP contribution in [0.4, 0.5) is 0 Å². The highest BCUT2D eigenvalue weighted by molar-refractivity contribution is 7.80. The lowest BCUT2D eigenvalue weighted by Crippen LogP contribution is -2.26. The topological polar surface area (TPSA) is 27.0 Å². The fourth-order valence-corrected chi connectivity index (χ4v) is 1.02. The van der Waals surface area contributed by atoms with Crippen LogP contribution in [0.1, 0.15) is 13.3 Å². The number of thiol groups is 1. The SMILES string of the molecule is C=C(CS)CN(CC)CCC#N. The minimum absolute atomic E-state index is 0.591. The Balaban J connectivity index is 3.68. The molecule has 0 spiro atoms. The van der Waals surface area contributed by atoms with E-state index < -0.39 is 0 Å². The van der Waals surface area contributed by atoms with E-state index in [1.54, 1.807) is 0 Å². The predicted octanol–water partition coefficient (Wildman–Crippen LogP) is 1.71. The van der Waals surface area contributed by atoms with E-state index in [0.717, 1.165) is 31.0 Å². The molecule has 3 heteroatoms. The summed E-state index contributed by atoms with van der Waals surface area (Å²) in [4.78, 5) is 2.20. The van der Waals surface area contributed by atoms with Crippen LogP contribution in [0.15, 0.2) is 12.2 Å². The first-order valence-electron chi connectivity index (χ1n) is 4.11. The summed E-state index contributed by atoms with van der Waals surface area (Å²) >= 11 is 4.13. The van der Waals surface area contributed by atoms with Crippen molar-refractivity contribution in [2.45, 2.75) is 13.3 Å². The van der Waals surface area contributed by atoms with Gasteiger partial charge in [-0.15, -0.1) is 0 Å². The molecule has 0 fully saturated rings. The van der Waals surface area contributed by atoms with Crippen LogP contribution in [-0.2, 0) is 0 Å². The van der Waals surface area contributed by atoms with Crippen molar-refractivity contribution >= 4 is 12.6 Å². The largest absolute Gasteiger partial charge is 0.299 e. The predicted molar refractivity (Wildman–Crippen MR) is 55.3 cm³/mol. The molecule has 2 nitrogen and oxygen atoms in total. The Morgan fingerprint density at radius 3 is 2.75 bits per heavy atom. The molecule has 0 aliphatic carbocycles. The first-order valence-corrected chi connectivity index (χ1v) is 4.74. The van der Waals surface area contributed by atoms with Crippen LogP contribution in [0.5, 0.6) is 0 Å². The maximum atomic E-state index is 8.39. The van der Waals surface area contributed by atoms with E-state index in [1.165, 1.54) is 0 Å². The van der Waals surface area contributed by atoms with Crippen LogP contribution in [-0.4, -0.2) is 30.3 Å². The van der Waals surface area contributed by atoms with Crippen molar-refractivity contribution in [3.63, 3.8) is 0 Å². The van der Waals surface area contributed by atoms with Crippen LogP contribution in [0, 0.1) is 11.3 Å². The third-order valence-corrected chi connectivity index (χ3v) is 2.11. The molecule has 0 N–H and O–H groups in total. The first-order chi connectivity index (χ1) is 5.74. The maximum Gasteiger partial charge on any atom is 0.0635 e. The third kappa shape index (κ3) is 5.22. The third-order valence-electron chi connectivity index (χ3n) is 1.66. The van der Waals surface area contributed by atoms with Gasteiger partial charge in [0.2, 0.25) is 0 Å². The standard InChI is InChI=1S/C9H16N2S/c1-3-11(6-4-5-10)7-9(2)8-12/h12H,2-4,6-8H2,1H3. The van der Waals surface area contributed by atoms with E-state index >= 15 is 0 Å². The van der Waals surface area contributed by atoms with E-state index in [-0.39, 0.29) is 0 Å². The van der Waals surface area contributed by atoms with Crippen LogP contribution in [0.3, 0.4) is 0 Å². The zero-order chi connectivity index (χ0) is 9.40. The highest BCUT2D eigenvalue weighted by atomic mass is 32.1. The van der Waals surface area contributed by atoms with Crippen LogP contribution in [0.25, 0.3) is 0 Å². The molecule has 68 valence electrons. The van der Waals surface area contributed by atoms with Crippen LogP contribution >= 0.6 is 12.6 Å². The summed E-state index contributed by atoms with van der Waals surface area (Å²) in [7, 11) is 0. The molecule has 0 unspecified atom stereocenters. The summed E-state index contributed by atoms with van der Waals surface area (Å²) in [5.41, 5.74) is 1.11. The Kier molecular flexibility index (Phi) is 6.93. The monoisotopic (exact) mass is 184 g/mol. The molecule has 0 aromatic rings. The van der Waals surface area contributed by atoms with E-state index in [9.17, 15) is 0 Å². The molecular formula is C9H16N2S. The lowest BCUT2D eigenvalue weighted by atomic mass is 10.3. The molecule has 0 rings (SSSR count). The highest BCUT2D eigenvalue weighted by Gasteiger charge is 2.02. The van der Waals surface area contributed by atoms with Crippen molar-refractivity contribution in [2.75, 3.05) is 25.4 Å². The zero-order valence-corrected chi connectivity index (χ0v) is 8.48. The van der Waals surface area contributed by atoms with Gasteiger partial charge in [-0.3, -0.25) is 4.90 Å². The molecule has 0 aromatic heterocycles. The Labute approximate surface area is 80.3 Å². The number of nitrogens with zero attached hydrogens (tertiary/aromatic N) is 2. The number of rotatable bonds is 6. The molecular weight excluding hydrogens is 168 g/mol. The lowest BCUT2D eigenvalue weighted by molar-refractivity contribution is 0.320. The fourth-order valence-electron chi connectivity index (χ4n) is 0.923. The van der Waals surface area contributed by atoms with Gasteiger partial charge in [0.05, 0.1) is 6.07 Å². The lowest BCUT2D eigenvalue weighted by Gasteiger charge is -2.19. The van der Waals surface area contributed by atoms with E-state index in [1.807, 2.05) is 0 Å². The smallest absolute Gasteiger partial charge is 0.0635 e. The van der Waals surface area contributed by atoms with Gasteiger partial charge in [0, 0.05) is 25.3 Å². The fraction of sp³-hybridized carbons (Fsp3) is 0.667. The van der Waals surface area contributed by atoms with Gasteiger partial charge in [-0.1, -0.05) is 19.1 Å². The quantitative estimate of drug-likeness (QED) is 0.502. The number of hydrogen-bond acceptors (Lipinski definition) is 3. The Morgan fingerprint density at radius 2 is 2.33 bits per heavy atom. The number of hydrogen-bond donors (Lipinski definition) is 1. The zero-order valence-electron chi connectivity index (χ0n) is 7.58. The van der Waals surface area contributed by atoms with Crippen molar-refractivity contribution in [3.05, 3.63) is 12.2 Å². The van der Waals surface area contributed by atoms with E-state index in [2.05, 4.69) is 37.1 Å². The van der Waals surface area contributed by atoms with Crippen LogP contribution in [0.2, 0.25) is 0 Å². The summed E-state index contributed by atoms with van der Waals surface area (Å²) in [5, 5.41) is 8.39. The molecule has 0 saturated carbocycles. The summed E-state index contributed by atoms with van der Waals surface area (Å²) in [6.07, 6.45) is 0.591. The molecule has 0 saturated heterocycles. The van der Waals surface area contributed by atoms with Crippen molar-refractivity contribution in [1.29, 1.82) is 5.26 Å². The number of nitriles is 1. The van der Waals surface area contributed by atoms with Gasteiger partial charge >= 0.3 is 0 Å². The molecule has 0 atom stereocenters. The Morgan fingerprint density at radius 1 is 1.67 bits per heavy atom. The molecule has 0 aromatic carbocycles. The Bertz CT molecular complexity index is 172. The van der Waals surface area contributed by atoms with Crippen molar-refractivity contribution in [1.82, 2.24) is 4.90 Å². The van der Waals surface area contributed by atoms with Gasteiger partial charge in [-0.25, -0.2) is 0 Å². The molecule has 0 radical (unpaired) electrons. The van der Waals surface area contributed by atoms with Crippen LogP contribution < -0.4 is 0 Å². The normalized spacial score (nSPS) is 9.83. The van der Waals surface area contributed by atoms with E-state index in [0.29, 0.717) is 6.42 Å². The average Bonchev–Trinajstić information content (AvgIpc) is 2.11. The van der Waals surface area contributed by atoms with Crippen molar-refractivity contribution in [2.24, 2.45) is 0 Å². The van der Waals surface area contributed by atoms with Gasteiger partial charge < -0.3 is 0 Å². The summed E-state index contributed by atoms with van der Waals surface area (Å²) < 4.78 is 0. The summed E-state index contributed by atoms with van der Waals surface area (Å²) in [6, 6.07) is 2.13. The molecule has 0 amide bonds. The molecule has 0 heterocycles. The first kappa shape index (κ1) is 11.5. The molecule has 0 aliphatic rings. The minimum atomic E-state index is 0.591. The highest BCUT2D eigenvalue weighted by Crippen LogP contribution is 1.99. The maximum absolute atomic E-state index is 8.39. The van der Waals surface area contributed by atoms with Gasteiger partial charge in [-0.05, 0) is 6.54 Å². The van der Waals surface area contributed by atoms with Gasteiger partial charge in [-0.2, -0.15) is 17.9 Å². The van der Waals surface area contributed by atoms with Crippen molar-refractivity contribution in [3.8, 4) is 6.07 Å². The summed E-state index contributed by atoms with van der Waals surface area (Å²) in [6.45, 7) is 8.62. The summed E-state index contributed by atoms with van der Waals surface area (Å²) in [5.74, 6) is 0.725. The molecule has 0 bridgehead atoms. The number of likely N-dealkylation sites (N-methyl/N-ethyl adjacent to an activating group) is 1. The van der Waals surface area contributed by atoms with Gasteiger partial charge in [0.25, 0.3) is 0 Å². The second-order valence-electron chi connectivity index (χ2n) is 2.68. The van der Waals surface area contributed by atoms with Gasteiger partial charge in [0.1, 0.15) is 0 Å².